The predicted molar refractivity (Wildman–Crippen MR) is 92.2 cm³/mol. The fraction of sp³-hybridized carbons (Fsp3) is 0.176. The second-order valence-corrected chi connectivity index (χ2v) is 5.89. The van der Waals surface area contributed by atoms with Gasteiger partial charge in [-0.3, -0.25) is 4.79 Å². The Hall–Kier alpha value is -2.74. The minimum atomic E-state index is -0.967. The average molecular weight is 408 g/mol. The number of carbonyl (C=O) groups excluding carboxylic acids is 2. The topological polar surface area (TPSA) is 87.0 Å². The molecule has 1 aliphatic rings. The summed E-state index contributed by atoms with van der Waals surface area (Å²) in [5.41, 5.74) is 0.521. The average Bonchev–Trinajstić information content (AvgIpc) is 3.21. The summed E-state index contributed by atoms with van der Waals surface area (Å²) in [6, 6.07) is 8.40. The Morgan fingerprint density at radius 2 is 2.04 bits per heavy atom. The Kier molecular flexibility index (Phi) is 5.08. The molecule has 2 aromatic rings. The van der Waals surface area contributed by atoms with Gasteiger partial charge in [0.05, 0.1) is 0 Å². The molecule has 2 heterocycles. The number of carbonyl (C=O) groups is 2. The molecule has 0 radical (unpaired) electrons. The van der Waals surface area contributed by atoms with Crippen molar-refractivity contribution in [1.82, 2.24) is 0 Å². The van der Waals surface area contributed by atoms with Gasteiger partial charge in [0.15, 0.2) is 22.3 Å². The lowest BCUT2D eigenvalue weighted by atomic mass is 10.2. The van der Waals surface area contributed by atoms with E-state index in [-0.39, 0.29) is 6.79 Å². The molecular formula is C17H14BrNO6. The molecule has 0 saturated carbocycles. The molecule has 0 bridgehead atoms. The molecule has 3 rings (SSSR count). The first-order valence-corrected chi connectivity index (χ1v) is 8.15. The molecule has 1 aromatic carbocycles. The van der Waals surface area contributed by atoms with Crippen LogP contribution in [-0.4, -0.2) is 24.8 Å². The standard InChI is InChI=1S/C17H14BrNO6/c1-10(24-16(20)7-4-12-3-6-15(18)25-12)17(21)19-11-2-5-13-14(8-11)23-9-22-13/h2-8,10H,9H2,1H3,(H,19,21)/b7-4+. The molecule has 1 N–H and O–H groups in total. The van der Waals surface area contributed by atoms with Crippen molar-refractivity contribution in [1.29, 1.82) is 0 Å². The van der Waals surface area contributed by atoms with Crippen LogP contribution < -0.4 is 14.8 Å². The first kappa shape index (κ1) is 17.1. The number of esters is 1. The first-order valence-electron chi connectivity index (χ1n) is 7.36. The molecule has 1 amide bonds. The van der Waals surface area contributed by atoms with Crippen LogP contribution in [0.25, 0.3) is 6.08 Å². The zero-order valence-electron chi connectivity index (χ0n) is 13.2. The van der Waals surface area contributed by atoms with Crippen LogP contribution in [0.3, 0.4) is 0 Å². The molecule has 25 heavy (non-hydrogen) atoms. The fourth-order valence-corrected chi connectivity index (χ4v) is 2.37. The minimum absolute atomic E-state index is 0.152. The number of benzene rings is 1. The highest BCUT2D eigenvalue weighted by Crippen LogP contribution is 2.34. The van der Waals surface area contributed by atoms with E-state index in [9.17, 15) is 9.59 Å². The monoisotopic (exact) mass is 407 g/mol. The maximum absolute atomic E-state index is 12.1. The van der Waals surface area contributed by atoms with Gasteiger partial charge in [-0.05, 0) is 53.2 Å². The third-order valence-electron chi connectivity index (χ3n) is 3.28. The maximum atomic E-state index is 12.1. The molecule has 0 saturated heterocycles. The number of halogens is 1. The summed E-state index contributed by atoms with van der Waals surface area (Å²) in [5, 5.41) is 2.65. The largest absolute Gasteiger partial charge is 0.454 e. The van der Waals surface area contributed by atoms with E-state index < -0.39 is 18.0 Å². The molecule has 130 valence electrons. The van der Waals surface area contributed by atoms with E-state index in [0.717, 1.165) is 0 Å². The van der Waals surface area contributed by atoms with E-state index >= 15 is 0 Å². The predicted octanol–water partition coefficient (Wildman–Crippen LogP) is 3.35. The van der Waals surface area contributed by atoms with Gasteiger partial charge in [0.1, 0.15) is 5.76 Å². The molecule has 0 aliphatic carbocycles. The van der Waals surface area contributed by atoms with Crippen LogP contribution in [0, 0.1) is 0 Å². The lowest BCUT2D eigenvalue weighted by molar-refractivity contribution is -0.148. The number of anilines is 1. The van der Waals surface area contributed by atoms with Crippen LogP contribution in [0.2, 0.25) is 0 Å². The number of furan rings is 1. The van der Waals surface area contributed by atoms with Crippen molar-refractivity contribution in [2.24, 2.45) is 0 Å². The summed E-state index contributed by atoms with van der Waals surface area (Å²) in [6.07, 6.45) is 1.68. The summed E-state index contributed by atoms with van der Waals surface area (Å²) in [4.78, 5) is 23.9. The van der Waals surface area contributed by atoms with E-state index in [1.807, 2.05) is 0 Å². The molecule has 8 heteroatoms. The highest BCUT2D eigenvalue weighted by Gasteiger charge is 2.19. The van der Waals surface area contributed by atoms with Gasteiger partial charge >= 0.3 is 5.97 Å². The van der Waals surface area contributed by atoms with Gasteiger partial charge in [-0.1, -0.05) is 0 Å². The van der Waals surface area contributed by atoms with E-state index in [1.165, 1.54) is 19.1 Å². The van der Waals surface area contributed by atoms with Crippen molar-refractivity contribution in [3.63, 3.8) is 0 Å². The number of fused-ring (bicyclic) bond motifs is 1. The van der Waals surface area contributed by atoms with Crippen LogP contribution in [0.1, 0.15) is 12.7 Å². The number of ether oxygens (including phenoxy) is 3. The lowest BCUT2D eigenvalue weighted by Gasteiger charge is -2.12. The number of rotatable bonds is 5. The van der Waals surface area contributed by atoms with Gasteiger partial charge in [0.2, 0.25) is 6.79 Å². The smallest absolute Gasteiger partial charge is 0.331 e. The van der Waals surface area contributed by atoms with Crippen molar-refractivity contribution >= 4 is 39.6 Å². The zero-order chi connectivity index (χ0) is 17.8. The zero-order valence-corrected chi connectivity index (χ0v) is 14.7. The van der Waals surface area contributed by atoms with Crippen molar-refractivity contribution in [3.05, 3.63) is 46.8 Å². The van der Waals surface area contributed by atoms with Crippen molar-refractivity contribution in [3.8, 4) is 11.5 Å². The van der Waals surface area contributed by atoms with Gasteiger partial charge in [-0.15, -0.1) is 0 Å². The molecule has 1 aliphatic heterocycles. The van der Waals surface area contributed by atoms with Gasteiger partial charge in [-0.25, -0.2) is 4.79 Å². The normalized spacial score (nSPS) is 13.7. The number of hydrogen-bond donors (Lipinski definition) is 1. The van der Waals surface area contributed by atoms with Gasteiger partial charge in [0.25, 0.3) is 5.91 Å². The van der Waals surface area contributed by atoms with Crippen LogP contribution in [0.15, 0.2) is 45.5 Å². The van der Waals surface area contributed by atoms with E-state index in [2.05, 4.69) is 21.2 Å². The quantitative estimate of drug-likeness (QED) is 0.603. The summed E-state index contributed by atoms with van der Waals surface area (Å²) in [5.74, 6) is 0.547. The van der Waals surface area contributed by atoms with Crippen LogP contribution in [0.4, 0.5) is 5.69 Å². The van der Waals surface area contributed by atoms with E-state index in [1.54, 1.807) is 30.3 Å². The first-order chi connectivity index (χ1) is 12.0. The number of hydrogen-bond acceptors (Lipinski definition) is 6. The van der Waals surface area contributed by atoms with Crippen molar-refractivity contribution in [2.75, 3.05) is 12.1 Å². The Morgan fingerprint density at radius 1 is 1.24 bits per heavy atom. The van der Waals surface area contributed by atoms with Crippen molar-refractivity contribution < 1.29 is 28.2 Å². The second kappa shape index (κ2) is 7.43. The summed E-state index contributed by atoms with van der Waals surface area (Å²) >= 11 is 3.16. The molecule has 1 atom stereocenters. The molecule has 0 fully saturated rings. The SMILES string of the molecule is CC(OC(=O)/C=C/c1ccc(Br)o1)C(=O)Nc1ccc2c(c1)OCO2. The Morgan fingerprint density at radius 3 is 2.80 bits per heavy atom. The molecule has 1 unspecified atom stereocenters. The molecule has 0 spiro atoms. The third-order valence-corrected chi connectivity index (χ3v) is 3.71. The molecule has 1 aromatic heterocycles. The van der Waals surface area contributed by atoms with Crippen molar-refractivity contribution in [2.45, 2.75) is 13.0 Å². The Bertz CT molecular complexity index is 828. The molecular weight excluding hydrogens is 394 g/mol. The summed E-state index contributed by atoms with van der Waals surface area (Å²) in [7, 11) is 0. The maximum Gasteiger partial charge on any atom is 0.331 e. The van der Waals surface area contributed by atoms with Crippen LogP contribution >= 0.6 is 15.9 Å². The third kappa shape index (κ3) is 4.42. The summed E-state index contributed by atoms with van der Waals surface area (Å²) in [6.45, 7) is 1.64. The summed E-state index contributed by atoms with van der Waals surface area (Å²) < 4.78 is 21.3. The van der Waals surface area contributed by atoms with E-state index in [4.69, 9.17) is 18.6 Å². The second-order valence-electron chi connectivity index (χ2n) is 5.11. The highest BCUT2D eigenvalue weighted by molar-refractivity contribution is 9.10. The number of nitrogens with one attached hydrogen (secondary N) is 1. The number of amides is 1. The minimum Gasteiger partial charge on any atom is -0.454 e. The van der Waals surface area contributed by atoms with Gasteiger partial charge in [0, 0.05) is 17.8 Å². The van der Waals surface area contributed by atoms with Crippen LogP contribution in [0.5, 0.6) is 11.5 Å². The Labute approximate surface area is 151 Å². The van der Waals surface area contributed by atoms with Crippen LogP contribution in [-0.2, 0) is 14.3 Å². The lowest BCUT2D eigenvalue weighted by Crippen LogP contribution is -2.29. The van der Waals surface area contributed by atoms with Gasteiger partial charge in [-0.2, -0.15) is 0 Å². The molecule has 7 nitrogen and oxygen atoms in total. The Balaban J connectivity index is 1.53. The highest BCUT2D eigenvalue weighted by atomic mass is 79.9. The van der Waals surface area contributed by atoms with E-state index in [0.29, 0.717) is 27.6 Å². The fourth-order valence-electron chi connectivity index (χ4n) is 2.05. The van der Waals surface area contributed by atoms with Gasteiger partial charge < -0.3 is 23.9 Å².